The average molecular weight is 883 g/mol. The number of hydrogen-bond donors (Lipinski definition) is 0. The van der Waals surface area contributed by atoms with Crippen LogP contribution < -0.4 is 4.90 Å². The maximum absolute atomic E-state index is 6.22. The summed E-state index contributed by atoms with van der Waals surface area (Å²) < 4.78 is 11.4. The minimum atomic E-state index is 0.889. The Balaban J connectivity index is 0.927. The highest BCUT2D eigenvalue weighted by atomic mass is 32.1. The Kier molecular flexibility index (Phi) is 7.94. The highest BCUT2D eigenvalue weighted by molar-refractivity contribution is 7.26. The highest BCUT2D eigenvalue weighted by Crippen LogP contribution is 2.47. The van der Waals surface area contributed by atoms with Crippen LogP contribution in [0.4, 0.5) is 17.1 Å². The summed E-state index contributed by atoms with van der Waals surface area (Å²) in [6, 6.07) is 84.4. The molecule has 3 heterocycles. The van der Waals surface area contributed by atoms with Gasteiger partial charge in [0.1, 0.15) is 11.2 Å². The highest BCUT2D eigenvalue weighted by Gasteiger charge is 2.22. The third-order valence-electron chi connectivity index (χ3n) is 14.3. The number of fused-ring (bicyclic) bond motifs is 17. The van der Waals surface area contributed by atoms with Gasteiger partial charge in [0, 0.05) is 59.5 Å². The van der Waals surface area contributed by atoms with Crippen molar-refractivity contribution in [3.63, 3.8) is 0 Å². The van der Waals surface area contributed by atoms with Gasteiger partial charge in [0.25, 0.3) is 0 Å². The fourth-order valence-corrected chi connectivity index (χ4v) is 12.5. The van der Waals surface area contributed by atoms with Crippen molar-refractivity contribution in [2.45, 2.75) is 0 Å². The topological polar surface area (TPSA) is 21.3 Å². The molecular formula is C64H38N2OS. The number of nitrogens with zero attached hydrogens (tertiary/aromatic N) is 2. The van der Waals surface area contributed by atoms with Crippen LogP contribution >= 0.6 is 11.3 Å². The molecule has 3 aromatic heterocycles. The molecular weight excluding hydrogens is 845 g/mol. The van der Waals surface area contributed by atoms with Crippen molar-refractivity contribution < 1.29 is 4.42 Å². The predicted octanol–water partition coefficient (Wildman–Crippen LogP) is 18.8. The maximum Gasteiger partial charge on any atom is 0.135 e. The van der Waals surface area contributed by atoms with Gasteiger partial charge >= 0.3 is 0 Å². The van der Waals surface area contributed by atoms with Crippen molar-refractivity contribution in [1.29, 1.82) is 0 Å². The first-order valence-electron chi connectivity index (χ1n) is 23.2. The van der Waals surface area contributed by atoms with E-state index in [0.717, 1.165) is 39.0 Å². The van der Waals surface area contributed by atoms with Crippen molar-refractivity contribution in [2.24, 2.45) is 0 Å². The van der Waals surface area contributed by atoms with Gasteiger partial charge in [-0.2, -0.15) is 0 Å². The van der Waals surface area contributed by atoms with Crippen molar-refractivity contribution in [1.82, 2.24) is 4.57 Å². The summed E-state index contributed by atoms with van der Waals surface area (Å²) in [4.78, 5) is 2.33. The molecule has 0 spiro atoms. The Morgan fingerprint density at radius 3 is 1.74 bits per heavy atom. The van der Waals surface area contributed by atoms with Crippen LogP contribution in [0.25, 0.3) is 124 Å². The van der Waals surface area contributed by atoms with E-state index in [1.165, 1.54) is 102 Å². The van der Waals surface area contributed by atoms with Crippen molar-refractivity contribution >= 4 is 135 Å². The van der Waals surface area contributed by atoms with E-state index in [9.17, 15) is 0 Å². The summed E-state index contributed by atoms with van der Waals surface area (Å²) in [5, 5.41) is 17.6. The second-order valence-corrected chi connectivity index (χ2v) is 19.0. The first kappa shape index (κ1) is 37.5. The lowest BCUT2D eigenvalue weighted by Gasteiger charge is -2.25. The molecule has 15 rings (SSSR count). The molecule has 4 heteroatoms. The Morgan fingerprint density at radius 1 is 0.338 bits per heavy atom. The minimum Gasteiger partial charge on any atom is -0.456 e. The number of furan rings is 1. The molecule has 0 aliphatic heterocycles. The summed E-state index contributed by atoms with van der Waals surface area (Å²) in [6.45, 7) is 0. The summed E-state index contributed by atoms with van der Waals surface area (Å²) in [5.74, 6) is 0. The number of anilines is 3. The van der Waals surface area contributed by atoms with Gasteiger partial charge in [-0.05, 0) is 128 Å². The van der Waals surface area contributed by atoms with Gasteiger partial charge in [0.15, 0.2) is 0 Å². The molecule has 0 saturated carbocycles. The Labute approximate surface area is 394 Å². The van der Waals surface area contributed by atoms with E-state index in [1.807, 2.05) is 23.5 Å². The van der Waals surface area contributed by atoms with Gasteiger partial charge in [0.2, 0.25) is 0 Å². The van der Waals surface area contributed by atoms with Crippen molar-refractivity contribution in [3.05, 3.63) is 231 Å². The van der Waals surface area contributed by atoms with E-state index < -0.39 is 0 Å². The molecule has 0 radical (unpaired) electrons. The van der Waals surface area contributed by atoms with Crippen LogP contribution in [0.15, 0.2) is 235 Å². The second kappa shape index (κ2) is 14.4. The van der Waals surface area contributed by atoms with Gasteiger partial charge in [-0.25, -0.2) is 0 Å². The van der Waals surface area contributed by atoms with E-state index in [4.69, 9.17) is 4.42 Å². The monoisotopic (exact) mass is 882 g/mol. The van der Waals surface area contributed by atoms with Crippen LogP contribution in [0.3, 0.4) is 0 Å². The summed E-state index contributed by atoms with van der Waals surface area (Å²) in [5.41, 5.74) is 11.0. The molecule has 3 nitrogen and oxygen atoms in total. The zero-order chi connectivity index (χ0) is 44.5. The molecule has 12 aromatic carbocycles. The molecule has 0 fully saturated rings. The van der Waals surface area contributed by atoms with Gasteiger partial charge in [0.05, 0.1) is 21.4 Å². The molecule has 0 amide bonds. The van der Waals surface area contributed by atoms with Gasteiger partial charge in [-0.15, -0.1) is 11.3 Å². The number of thiophene rings is 1. The first-order chi connectivity index (χ1) is 33.7. The lowest BCUT2D eigenvalue weighted by atomic mass is 9.93. The van der Waals surface area contributed by atoms with E-state index in [-0.39, 0.29) is 0 Å². The number of rotatable bonds is 5. The molecule has 0 saturated heterocycles. The standard InChI is InChI=1S/C64H38N2OS/c1-2-15-42(16-3-1)65(44-30-34-61-56(36-44)50-22-10-11-24-60(50)67-61)43-28-25-39(26-29-43)41-27-33-59-55(35-41)51-31-32-52-57-37-53-48-20-8-6-18-46(48)47-19-7-9-21-49(47)54(53)38-62(57)68-64(52)63(51)66(59)58-23-12-14-40-13-4-5-17-45(40)58/h1-38H. The summed E-state index contributed by atoms with van der Waals surface area (Å²) >= 11 is 1.92. The number of benzene rings is 12. The first-order valence-corrected chi connectivity index (χ1v) is 24.1. The van der Waals surface area contributed by atoms with E-state index in [1.54, 1.807) is 0 Å². The van der Waals surface area contributed by atoms with Crippen molar-refractivity contribution in [3.8, 4) is 16.8 Å². The van der Waals surface area contributed by atoms with E-state index >= 15 is 0 Å². The second-order valence-electron chi connectivity index (χ2n) is 18.0. The lowest BCUT2D eigenvalue weighted by molar-refractivity contribution is 0.669. The average Bonchev–Trinajstić information content (AvgIpc) is 4.07. The van der Waals surface area contributed by atoms with E-state index in [2.05, 4.69) is 228 Å². The molecule has 15 aromatic rings. The third kappa shape index (κ3) is 5.47. The molecule has 0 atom stereocenters. The lowest BCUT2D eigenvalue weighted by Crippen LogP contribution is -2.09. The number of aromatic nitrogens is 1. The fraction of sp³-hybridized carbons (Fsp3) is 0. The Hall–Kier alpha value is -8.70. The Bertz CT molecular complexity index is 4550. The molecule has 68 heavy (non-hydrogen) atoms. The molecule has 0 aliphatic carbocycles. The summed E-state index contributed by atoms with van der Waals surface area (Å²) in [7, 11) is 0. The van der Waals surface area contributed by atoms with Crippen LogP contribution in [0.5, 0.6) is 0 Å². The summed E-state index contributed by atoms with van der Waals surface area (Å²) in [6.07, 6.45) is 0. The maximum atomic E-state index is 6.22. The van der Waals surface area contributed by atoms with E-state index in [0.29, 0.717) is 0 Å². The zero-order valence-corrected chi connectivity index (χ0v) is 37.5. The van der Waals surface area contributed by atoms with Crippen LogP contribution in [0.2, 0.25) is 0 Å². The van der Waals surface area contributed by atoms with Gasteiger partial charge < -0.3 is 13.9 Å². The Morgan fingerprint density at radius 2 is 0.941 bits per heavy atom. The zero-order valence-electron chi connectivity index (χ0n) is 36.7. The largest absolute Gasteiger partial charge is 0.456 e. The van der Waals surface area contributed by atoms with Crippen LogP contribution in [-0.2, 0) is 0 Å². The molecule has 0 aliphatic rings. The smallest absolute Gasteiger partial charge is 0.135 e. The normalized spacial score (nSPS) is 12.1. The predicted molar refractivity (Wildman–Crippen MR) is 291 cm³/mol. The van der Waals surface area contributed by atoms with Gasteiger partial charge in [-0.3, -0.25) is 0 Å². The SMILES string of the molecule is c1ccc(N(c2ccc(-c3ccc4c(c3)c3ccc5c6cc7c8ccccc8c8ccccc8c7cc6sc5c3n4-c3cccc4ccccc34)cc2)c2ccc3oc4ccccc4c3c2)cc1. The van der Waals surface area contributed by atoms with Gasteiger partial charge in [-0.1, -0.05) is 152 Å². The quantitative estimate of drug-likeness (QED) is 0.161. The van der Waals surface area contributed by atoms with Crippen LogP contribution in [0.1, 0.15) is 0 Å². The minimum absolute atomic E-state index is 0.889. The van der Waals surface area contributed by atoms with Crippen LogP contribution in [0, 0.1) is 0 Å². The molecule has 0 unspecified atom stereocenters. The molecule has 0 bridgehead atoms. The number of hydrogen-bond acceptors (Lipinski definition) is 3. The fourth-order valence-electron chi connectivity index (χ4n) is 11.2. The number of para-hydroxylation sites is 2. The third-order valence-corrected chi connectivity index (χ3v) is 15.5. The van der Waals surface area contributed by atoms with Crippen LogP contribution in [-0.4, -0.2) is 4.57 Å². The molecule has 316 valence electrons. The van der Waals surface area contributed by atoms with Crippen molar-refractivity contribution in [2.75, 3.05) is 4.90 Å². The molecule has 0 N–H and O–H groups in total.